The van der Waals surface area contributed by atoms with Gasteiger partial charge in [0.15, 0.2) is 0 Å². The summed E-state index contributed by atoms with van der Waals surface area (Å²) in [5.74, 6) is 0.227. The highest BCUT2D eigenvalue weighted by atomic mass is 32.2. The zero-order valence-electron chi connectivity index (χ0n) is 11.4. The van der Waals surface area contributed by atoms with Crippen molar-refractivity contribution in [3.63, 3.8) is 0 Å². The zero-order chi connectivity index (χ0) is 15.4. The van der Waals surface area contributed by atoms with Gasteiger partial charge in [0.05, 0.1) is 21.9 Å². The molecule has 0 saturated heterocycles. The Kier molecular flexibility index (Phi) is 4.64. The molecule has 7 heteroatoms. The molecule has 1 heterocycles. The van der Waals surface area contributed by atoms with Crippen molar-refractivity contribution in [2.24, 2.45) is 0 Å². The molecule has 6 nitrogen and oxygen atoms in total. The lowest BCUT2D eigenvalue weighted by molar-refractivity contribution is -0.385. The molecule has 21 heavy (non-hydrogen) atoms. The van der Waals surface area contributed by atoms with Gasteiger partial charge in [0.2, 0.25) is 0 Å². The lowest BCUT2D eigenvalue weighted by Crippen LogP contribution is -2.24. The van der Waals surface area contributed by atoms with Crippen LogP contribution in [0.1, 0.15) is 5.56 Å². The van der Waals surface area contributed by atoms with Gasteiger partial charge in [-0.15, -0.1) is 0 Å². The highest BCUT2D eigenvalue weighted by Crippen LogP contribution is 2.10. The number of rotatable bonds is 5. The maximum absolute atomic E-state index is 12.1. The molecule has 0 fully saturated rings. The van der Waals surface area contributed by atoms with Crippen molar-refractivity contribution in [1.82, 2.24) is 4.57 Å². The van der Waals surface area contributed by atoms with Crippen LogP contribution in [0.4, 0.5) is 5.69 Å². The van der Waals surface area contributed by atoms with Crippen LogP contribution in [-0.4, -0.2) is 19.5 Å². The highest BCUT2D eigenvalue weighted by Gasteiger charge is 2.12. The Labute approximate surface area is 123 Å². The van der Waals surface area contributed by atoms with Crippen LogP contribution in [0.15, 0.2) is 52.3 Å². The molecule has 2 rings (SSSR count). The van der Waals surface area contributed by atoms with Crippen LogP contribution in [0.25, 0.3) is 0 Å². The van der Waals surface area contributed by atoms with E-state index in [0.717, 1.165) is 0 Å². The number of benzene rings is 1. The minimum atomic E-state index is -1.25. The van der Waals surface area contributed by atoms with Crippen molar-refractivity contribution < 1.29 is 9.13 Å². The lowest BCUT2D eigenvalue weighted by atomic mass is 10.3. The Morgan fingerprint density at radius 3 is 2.57 bits per heavy atom. The normalized spacial score (nSPS) is 12.0. The number of nitro groups is 1. The topological polar surface area (TPSA) is 82.2 Å². The van der Waals surface area contributed by atoms with E-state index in [1.165, 1.54) is 23.8 Å². The summed E-state index contributed by atoms with van der Waals surface area (Å²) in [6.45, 7) is 1.70. The van der Waals surface area contributed by atoms with Gasteiger partial charge >= 0.3 is 0 Å². The molecular formula is C14H14N2O4S. The molecule has 1 aromatic heterocycles. The second-order valence-corrected chi connectivity index (χ2v) is 6.07. The van der Waals surface area contributed by atoms with E-state index < -0.39 is 15.7 Å². The summed E-state index contributed by atoms with van der Waals surface area (Å²) >= 11 is 0. The number of nitrogens with zero attached hydrogens (tertiary/aromatic N) is 2. The van der Waals surface area contributed by atoms with Gasteiger partial charge in [-0.05, 0) is 19.1 Å². The van der Waals surface area contributed by atoms with Crippen LogP contribution in [0.3, 0.4) is 0 Å². The summed E-state index contributed by atoms with van der Waals surface area (Å²) in [6.07, 6.45) is 1.19. The van der Waals surface area contributed by atoms with Gasteiger partial charge in [0.25, 0.3) is 11.2 Å². The third kappa shape index (κ3) is 3.63. The van der Waals surface area contributed by atoms with E-state index in [9.17, 15) is 19.1 Å². The van der Waals surface area contributed by atoms with E-state index >= 15 is 0 Å². The third-order valence-electron chi connectivity index (χ3n) is 2.99. The van der Waals surface area contributed by atoms with Gasteiger partial charge in [-0.2, -0.15) is 0 Å². The van der Waals surface area contributed by atoms with Gasteiger partial charge in [-0.25, -0.2) is 0 Å². The van der Waals surface area contributed by atoms with Gasteiger partial charge in [0.1, 0.15) is 0 Å². The number of aromatic nitrogens is 1. The SMILES string of the molecule is Cc1cc([N+](=O)[O-])cn(CC[S@](=O)c2ccccc2)c1=O. The van der Waals surface area contributed by atoms with E-state index in [2.05, 4.69) is 0 Å². The predicted molar refractivity (Wildman–Crippen MR) is 79.8 cm³/mol. The molecule has 0 bridgehead atoms. The largest absolute Gasteiger partial charge is 0.308 e. The van der Waals surface area contributed by atoms with E-state index in [1.54, 1.807) is 24.3 Å². The van der Waals surface area contributed by atoms with Crippen molar-refractivity contribution in [2.45, 2.75) is 18.4 Å². The molecule has 0 amide bonds. The van der Waals surface area contributed by atoms with Gasteiger partial charge in [-0.3, -0.25) is 19.1 Å². The molecule has 0 aliphatic heterocycles. The standard InChI is InChI=1S/C14H14N2O4S/c1-11-9-12(16(18)19)10-15(14(11)17)7-8-21(20)13-5-3-2-4-6-13/h2-6,9-10H,7-8H2,1H3/t21-/m0/s1. The maximum atomic E-state index is 12.1. The fourth-order valence-corrected chi connectivity index (χ4v) is 2.96. The minimum absolute atomic E-state index is 0.141. The van der Waals surface area contributed by atoms with Crippen molar-refractivity contribution >= 4 is 16.5 Å². The fraction of sp³-hybridized carbons (Fsp3) is 0.214. The second kappa shape index (κ2) is 6.45. The quantitative estimate of drug-likeness (QED) is 0.623. The van der Waals surface area contributed by atoms with Crippen LogP contribution in [0.5, 0.6) is 0 Å². The summed E-state index contributed by atoms with van der Waals surface area (Å²) in [6, 6.07) is 10.1. The number of aryl methyl sites for hydroxylation is 2. The van der Waals surface area contributed by atoms with Crippen LogP contribution >= 0.6 is 0 Å². The van der Waals surface area contributed by atoms with Crippen LogP contribution in [-0.2, 0) is 17.3 Å². The summed E-state index contributed by atoms with van der Waals surface area (Å²) in [5, 5.41) is 10.8. The molecule has 2 aromatic rings. The molecule has 0 saturated carbocycles. The molecule has 0 spiro atoms. The van der Waals surface area contributed by atoms with E-state index in [-0.39, 0.29) is 23.5 Å². The molecule has 1 atom stereocenters. The third-order valence-corrected chi connectivity index (χ3v) is 4.34. The van der Waals surface area contributed by atoms with Gasteiger partial charge < -0.3 is 4.57 Å². The molecule has 1 aromatic carbocycles. The molecule has 0 radical (unpaired) electrons. The van der Waals surface area contributed by atoms with E-state index in [4.69, 9.17) is 0 Å². The Morgan fingerprint density at radius 1 is 1.29 bits per heavy atom. The van der Waals surface area contributed by atoms with E-state index in [0.29, 0.717) is 10.5 Å². The molecule has 110 valence electrons. The first-order valence-electron chi connectivity index (χ1n) is 6.28. The molecule has 0 N–H and O–H groups in total. The number of pyridine rings is 1. The fourth-order valence-electron chi connectivity index (χ4n) is 1.90. The van der Waals surface area contributed by atoms with Crippen molar-refractivity contribution in [3.05, 3.63) is 68.6 Å². The van der Waals surface area contributed by atoms with E-state index in [1.807, 2.05) is 6.07 Å². The van der Waals surface area contributed by atoms with Crippen molar-refractivity contribution in [2.75, 3.05) is 5.75 Å². The van der Waals surface area contributed by atoms with Crippen LogP contribution in [0, 0.1) is 17.0 Å². The Balaban J connectivity index is 2.19. The summed E-state index contributed by atoms with van der Waals surface area (Å²) in [5.41, 5.74) is -0.141. The first-order valence-corrected chi connectivity index (χ1v) is 7.60. The molecule has 0 aliphatic rings. The monoisotopic (exact) mass is 306 g/mol. The smallest absolute Gasteiger partial charge is 0.286 e. The molecular weight excluding hydrogens is 292 g/mol. The first-order chi connectivity index (χ1) is 9.99. The highest BCUT2D eigenvalue weighted by molar-refractivity contribution is 7.85. The molecule has 0 aliphatic carbocycles. The average Bonchev–Trinajstić information content (AvgIpc) is 2.49. The number of hydrogen-bond donors (Lipinski definition) is 0. The summed E-state index contributed by atoms with van der Waals surface area (Å²) in [4.78, 5) is 22.9. The number of hydrogen-bond acceptors (Lipinski definition) is 4. The Bertz CT molecular complexity index is 740. The molecule has 0 unspecified atom stereocenters. The first kappa shape index (κ1) is 15.1. The van der Waals surface area contributed by atoms with Crippen molar-refractivity contribution in [1.29, 1.82) is 0 Å². The summed E-state index contributed by atoms with van der Waals surface area (Å²) < 4.78 is 13.3. The lowest BCUT2D eigenvalue weighted by Gasteiger charge is -2.07. The Morgan fingerprint density at radius 2 is 1.95 bits per heavy atom. The predicted octanol–water partition coefficient (Wildman–Crippen LogP) is 1.87. The average molecular weight is 306 g/mol. The minimum Gasteiger partial charge on any atom is -0.308 e. The summed E-state index contributed by atoms with van der Waals surface area (Å²) in [7, 11) is -1.25. The second-order valence-electron chi connectivity index (χ2n) is 4.50. The van der Waals surface area contributed by atoms with Crippen molar-refractivity contribution in [3.8, 4) is 0 Å². The van der Waals surface area contributed by atoms with Gasteiger partial charge in [-0.1, -0.05) is 18.2 Å². The maximum Gasteiger partial charge on any atom is 0.286 e. The van der Waals surface area contributed by atoms with Crippen LogP contribution in [0.2, 0.25) is 0 Å². The van der Waals surface area contributed by atoms with Crippen LogP contribution < -0.4 is 5.56 Å². The van der Waals surface area contributed by atoms with Gasteiger partial charge in [0, 0.05) is 28.8 Å². The zero-order valence-corrected chi connectivity index (χ0v) is 12.2. The Hall–Kier alpha value is -2.28.